The zero-order valence-corrected chi connectivity index (χ0v) is 16.0. The Morgan fingerprint density at radius 1 is 0.897 bits per heavy atom. The van der Waals surface area contributed by atoms with Gasteiger partial charge in [0.05, 0.1) is 6.42 Å². The molecule has 0 bridgehead atoms. The van der Waals surface area contributed by atoms with Gasteiger partial charge in [-0.25, -0.2) is 4.79 Å². The molecule has 148 valence electrons. The molecular weight excluding hydrogens is 368 g/mol. The highest BCUT2D eigenvalue weighted by Gasteiger charge is 2.10. The third kappa shape index (κ3) is 5.13. The summed E-state index contributed by atoms with van der Waals surface area (Å²) in [5.41, 5.74) is 4.37. The number of phenols is 1. The largest absolute Gasteiger partial charge is 0.507 e. The van der Waals surface area contributed by atoms with Crippen LogP contribution in [-0.2, 0) is 17.8 Å². The van der Waals surface area contributed by atoms with Crippen LogP contribution in [0.1, 0.15) is 21.5 Å². The molecule has 3 aromatic rings. The standard InChI is InChI=1S/C23H22N2O4/c1-24-22(27)12-15-4-3-7-19(11-15)25-14-16-5-2-6-17(10-16)18-8-9-20(23(28)29)21(26)13-18/h2-11,13,25-26H,12,14H2,1H3,(H,24,27)(H,28,29). The number of anilines is 1. The van der Waals surface area contributed by atoms with E-state index in [1.165, 1.54) is 12.1 Å². The van der Waals surface area contributed by atoms with Gasteiger partial charge in [0.2, 0.25) is 5.91 Å². The van der Waals surface area contributed by atoms with Crippen molar-refractivity contribution in [2.24, 2.45) is 0 Å². The van der Waals surface area contributed by atoms with E-state index < -0.39 is 5.97 Å². The SMILES string of the molecule is CNC(=O)Cc1cccc(NCc2cccc(-c3ccc(C(=O)O)c(O)c3)c2)c1. The van der Waals surface area contributed by atoms with E-state index in [2.05, 4.69) is 10.6 Å². The molecule has 0 aromatic heterocycles. The molecule has 3 aromatic carbocycles. The second-order valence-electron chi connectivity index (χ2n) is 6.64. The van der Waals surface area contributed by atoms with E-state index in [4.69, 9.17) is 5.11 Å². The Labute approximate surface area is 168 Å². The number of benzene rings is 3. The van der Waals surface area contributed by atoms with Crippen molar-refractivity contribution in [1.29, 1.82) is 0 Å². The number of hydrogen-bond acceptors (Lipinski definition) is 4. The van der Waals surface area contributed by atoms with Gasteiger partial charge in [0.25, 0.3) is 0 Å². The molecule has 0 saturated heterocycles. The molecule has 0 spiro atoms. The minimum Gasteiger partial charge on any atom is -0.507 e. The van der Waals surface area contributed by atoms with Crippen molar-refractivity contribution in [2.75, 3.05) is 12.4 Å². The van der Waals surface area contributed by atoms with Gasteiger partial charge in [-0.05, 0) is 52.6 Å². The van der Waals surface area contributed by atoms with Crippen molar-refractivity contribution < 1.29 is 19.8 Å². The monoisotopic (exact) mass is 390 g/mol. The molecule has 0 saturated carbocycles. The fourth-order valence-electron chi connectivity index (χ4n) is 3.02. The molecule has 0 radical (unpaired) electrons. The van der Waals surface area contributed by atoms with E-state index in [-0.39, 0.29) is 17.2 Å². The first-order valence-corrected chi connectivity index (χ1v) is 9.15. The third-order valence-corrected chi connectivity index (χ3v) is 4.56. The fourth-order valence-corrected chi connectivity index (χ4v) is 3.02. The van der Waals surface area contributed by atoms with Crippen LogP contribution >= 0.6 is 0 Å². The van der Waals surface area contributed by atoms with Gasteiger partial charge in [-0.2, -0.15) is 0 Å². The molecule has 1 amide bonds. The Morgan fingerprint density at radius 2 is 1.62 bits per heavy atom. The highest BCUT2D eigenvalue weighted by atomic mass is 16.4. The maximum Gasteiger partial charge on any atom is 0.339 e. The summed E-state index contributed by atoms with van der Waals surface area (Å²) in [7, 11) is 1.62. The summed E-state index contributed by atoms with van der Waals surface area (Å²) in [6.45, 7) is 0.580. The minimum atomic E-state index is -1.16. The molecule has 0 aliphatic rings. The highest BCUT2D eigenvalue weighted by Crippen LogP contribution is 2.27. The van der Waals surface area contributed by atoms with Gasteiger partial charge >= 0.3 is 5.97 Å². The first-order chi connectivity index (χ1) is 14.0. The summed E-state index contributed by atoms with van der Waals surface area (Å²) in [5.74, 6) is -1.45. The molecule has 4 N–H and O–H groups in total. The van der Waals surface area contributed by atoms with Gasteiger partial charge in [0.1, 0.15) is 11.3 Å². The normalized spacial score (nSPS) is 10.4. The quantitative estimate of drug-likeness (QED) is 0.494. The van der Waals surface area contributed by atoms with Crippen molar-refractivity contribution >= 4 is 17.6 Å². The molecule has 0 heterocycles. The minimum absolute atomic E-state index is 0.0352. The number of hydrogen-bond donors (Lipinski definition) is 4. The van der Waals surface area contributed by atoms with Crippen molar-refractivity contribution in [1.82, 2.24) is 5.32 Å². The Morgan fingerprint density at radius 3 is 2.34 bits per heavy atom. The number of nitrogens with one attached hydrogen (secondary N) is 2. The van der Waals surface area contributed by atoms with Crippen molar-refractivity contribution in [2.45, 2.75) is 13.0 Å². The Balaban J connectivity index is 1.72. The maximum absolute atomic E-state index is 11.5. The second-order valence-corrected chi connectivity index (χ2v) is 6.64. The van der Waals surface area contributed by atoms with Gasteiger partial charge in [-0.15, -0.1) is 0 Å². The smallest absolute Gasteiger partial charge is 0.339 e. The van der Waals surface area contributed by atoms with Crippen LogP contribution in [-0.4, -0.2) is 29.1 Å². The second kappa shape index (κ2) is 8.93. The van der Waals surface area contributed by atoms with Crippen molar-refractivity contribution in [3.05, 3.63) is 83.4 Å². The van der Waals surface area contributed by atoms with Crippen molar-refractivity contribution in [3.63, 3.8) is 0 Å². The number of aromatic carboxylic acids is 1. The molecule has 3 rings (SSSR count). The fraction of sp³-hybridized carbons (Fsp3) is 0.130. The summed E-state index contributed by atoms with van der Waals surface area (Å²) in [4.78, 5) is 22.6. The summed E-state index contributed by atoms with van der Waals surface area (Å²) >= 11 is 0. The van der Waals surface area contributed by atoms with Crippen LogP contribution in [0.3, 0.4) is 0 Å². The van der Waals surface area contributed by atoms with Crippen LogP contribution in [0.15, 0.2) is 66.7 Å². The van der Waals surface area contributed by atoms with E-state index >= 15 is 0 Å². The zero-order valence-electron chi connectivity index (χ0n) is 16.0. The molecule has 0 atom stereocenters. The third-order valence-electron chi connectivity index (χ3n) is 4.56. The molecular formula is C23H22N2O4. The van der Waals surface area contributed by atoms with E-state index in [9.17, 15) is 14.7 Å². The number of carboxylic acid groups (broad SMARTS) is 1. The summed E-state index contributed by atoms with van der Waals surface area (Å²) in [6, 6.07) is 20.0. The molecule has 29 heavy (non-hydrogen) atoms. The first-order valence-electron chi connectivity index (χ1n) is 9.15. The van der Waals surface area contributed by atoms with Crippen LogP contribution in [0.4, 0.5) is 5.69 Å². The molecule has 0 aliphatic heterocycles. The first kappa shape index (κ1) is 19.9. The lowest BCUT2D eigenvalue weighted by Gasteiger charge is -2.10. The van der Waals surface area contributed by atoms with Crippen molar-refractivity contribution in [3.8, 4) is 16.9 Å². The summed E-state index contributed by atoms with van der Waals surface area (Å²) < 4.78 is 0. The topological polar surface area (TPSA) is 98.7 Å². The van der Waals surface area contributed by atoms with Crippen LogP contribution in [0.2, 0.25) is 0 Å². The number of aromatic hydroxyl groups is 1. The predicted octanol–water partition coefficient (Wildman–Crippen LogP) is 3.66. The number of rotatable bonds is 7. The number of likely N-dealkylation sites (N-methyl/N-ethyl adjacent to an activating group) is 1. The lowest BCUT2D eigenvalue weighted by molar-refractivity contribution is -0.119. The Bertz CT molecular complexity index is 1050. The number of carbonyl (C=O) groups is 2. The number of carbonyl (C=O) groups excluding carboxylic acids is 1. The van der Waals surface area contributed by atoms with Crippen LogP contribution in [0.25, 0.3) is 11.1 Å². The summed E-state index contributed by atoms with van der Waals surface area (Å²) in [5, 5.41) is 24.9. The van der Waals surface area contributed by atoms with Gasteiger partial charge in [-0.1, -0.05) is 36.4 Å². The van der Waals surface area contributed by atoms with E-state index in [0.29, 0.717) is 13.0 Å². The molecule has 0 fully saturated rings. The van der Waals surface area contributed by atoms with Crippen LogP contribution in [0, 0.1) is 0 Å². The van der Waals surface area contributed by atoms with Gasteiger partial charge in [0.15, 0.2) is 0 Å². The maximum atomic E-state index is 11.5. The number of carboxylic acids is 1. The number of amides is 1. The molecule has 0 unspecified atom stereocenters. The lowest BCUT2D eigenvalue weighted by Crippen LogP contribution is -2.19. The average molecular weight is 390 g/mol. The zero-order chi connectivity index (χ0) is 20.8. The van der Waals surface area contributed by atoms with Gasteiger partial charge in [0, 0.05) is 19.3 Å². The Kier molecular flexibility index (Phi) is 6.14. The molecule has 6 heteroatoms. The van der Waals surface area contributed by atoms with Crippen LogP contribution < -0.4 is 10.6 Å². The Hall–Kier alpha value is -3.80. The van der Waals surface area contributed by atoms with E-state index in [0.717, 1.165) is 27.9 Å². The van der Waals surface area contributed by atoms with Gasteiger partial charge in [-0.3, -0.25) is 4.79 Å². The lowest BCUT2D eigenvalue weighted by atomic mass is 10.0. The molecule has 0 aliphatic carbocycles. The highest BCUT2D eigenvalue weighted by molar-refractivity contribution is 5.91. The van der Waals surface area contributed by atoms with Gasteiger partial charge < -0.3 is 20.8 Å². The summed E-state index contributed by atoms with van der Waals surface area (Å²) in [6.07, 6.45) is 0.331. The molecule has 6 nitrogen and oxygen atoms in total. The van der Waals surface area contributed by atoms with Crippen LogP contribution in [0.5, 0.6) is 5.75 Å². The predicted molar refractivity (Wildman–Crippen MR) is 112 cm³/mol. The van der Waals surface area contributed by atoms with E-state index in [1.807, 2.05) is 48.5 Å². The van der Waals surface area contributed by atoms with E-state index in [1.54, 1.807) is 13.1 Å². The average Bonchev–Trinajstić information content (AvgIpc) is 2.72.